The van der Waals surface area contributed by atoms with E-state index in [2.05, 4.69) is 19.0 Å². The quantitative estimate of drug-likeness (QED) is 0.804. The van der Waals surface area contributed by atoms with Gasteiger partial charge in [-0.05, 0) is 90.1 Å². The van der Waals surface area contributed by atoms with Gasteiger partial charge in [0.05, 0.1) is 0 Å². The Morgan fingerprint density at radius 1 is 1.04 bits per heavy atom. The fraction of sp³-hybridized carbons (Fsp3) is 0.682. The summed E-state index contributed by atoms with van der Waals surface area (Å²) in [6, 6.07) is 8.97. The first kappa shape index (κ1) is 19.2. The summed E-state index contributed by atoms with van der Waals surface area (Å²) >= 11 is 0. The van der Waals surface area contributed by atoms with Gasteiger partial charge >= 0.3 is 0 Å². The normalized spacial score (nSPS) is 28.3. The maximum absolute atomic E-state index is 13.1. The summed E-state index contributed by atoms with van der Waals surface area (Å²) in [4.78, 5) is 17.4. The number of hydrogen-bond donors (Lipinski definition) is 0. The van der Waals surface area contributed by atoms with Crippen molar-refractivity contribution in [3.8, 4) is 5.75 Å². The third-order valence-corrected chi connectivity index (χ3v) is 6.44. The topological polar surface area (TPSA) is 32.8 Å². The minimum atomic E-state index is -0.855. The second-order valence-corrected chi connectivity index (χ2v) is 9.08. The predicted octanol–water partition coefficient (Wildman–Crippen LogP) is 3.73. The number of likely N-dealkylation sites (N-methyl/N-ethyl adjacent to an activating group) is 1. The maximum Gasteiger partial charge on any atom is 0.266 e. The van der Waals surface area contributed by atoms with Crippen molar-refractivity contribution in [2.45, 2.75) is 64.1 Å². The maximum atomic E-state index is 13.1. The van der Waals surface area contributed by atoms with Crippen molar-refractivity contribution in [2.24, 2.45) is 11.8 Å². The first-order chi connectivity index (χ1) is 12.2. The van der Waals surface area contributed by atoms with Gasteiger partial charge in [0.1, 0.15) is 5.75 Å². The number of hydrogen-bond acceptors (Lipinski definition) is 3. The summed E-state index contributed by atoms with van der Waals surface area (Å²) in [5.41, 5.74) is 0.282. The Kier molecular flexibility index (Phi) is 5.34. The minimum Gasteiger partial charge on any atom is -0.478 e. The van der Waals surface area contributed by atoms with E-state index >= 15 is 0 Å². The molecule has 0 aliphatic heterocycles. The van der Waals surface area contributed by atoms with Gasteiger partial charge < -0.3 is 14.5 Å². The zero-order valence-electron chi connectivity index (χ0n) is 17.2. The second-order valence-electron chi connectivity index (χ2n) is 9.08. The van der Waals surface area contributed by atoms with E-state index in [9.17, 15) is 4.79 Å². The fourth-order valence-electron chi connectivity index (χ4n) is 4.90. The van der Waals surface area contributed by atoms with Gasteiger partial charge in [-0.1, -0.05) is 12.1 Å². The van der Waals surface area contributed by atoms with Crippen molar-refractivity contribution < 1.29 is 9.53 Å². The smallest absolute Gasteiger partial charge is 0.266 e. The first-order valence-electron chi connectivity index (χ1n) is 9.86. The van der Waals surface area contributed by atoms with Crippen LogP contribution in [0.15, 0.2) is 24.3 Å². The molecular formula is C22H34N2O2. The Balaban J connectivity index is 1.61. The van der Waals surface area contributed by atoms with E-state index in [-0.39, 0.29) is 5.91 Å². The van der Waals surface area contributed by atoms with E-state index in [1.807, 2.05) is 57.0 Å². The molecule has 0 spiro atoms. The van der Waals surface area contributed by atoms with Crippen molar-refractivity contribution in [1.29, 1.82) is 0 Å². The Morgan fingerprint density at radius 3 is 2.15 bits per heavy atom. The van der Waals surface area contributed by atoms with Crippen LogP contribution in [0.3, 0.4) is 0 Å². The van der Waals surface area contributed by atoms with E-state index in [1.54, 1.807) is 0 Å². The molecule has 1 aromatic carbocycles. The molecule has 2 aliphatic rings. The number of ether oxygens (including phenoxy) is 1. The van der Waals surface area contributed by atoms with Crippen molar-refractivity contribution in [3.63, 3.8) is 0 Å². The summed E-state index contributed by atoms with van der Waals surface area (Å²) in [7, 11) is 6.33. The minimum absolute atomic E-state index is 0.0770. The molecule has 1 amide bonds. The predicted molar refractivity (Wildman–Crippen MR) is 105 cm³/mol. The molecule has 3 rings (SSSR count). The van der Waals surface area contributed by atoms with Crippen LogP contribution in [0.2, 0.25) is 0 Å². The van der Waals surface area contributed by atoms with Crippen LogP contribution in [0.5, 0.6) is 5.75 Å². The summed E-state index contributed by atoms with van der Waals surface area (Å²) < 4.78 is 6.07. The molecule has 2 unspecified atom stereocenters. The van der Waals surface area contributed by atoms with Crippen LogP contribution < -0.4 is 4.74 Å². The number of carbonyl (C=O) groups excluding carboxylic acids is 1. The lowest BCUT2D eigenvalue weighted by Crippen LogP contribution is -2.50. The second kappa shape index (κ2) is 7.22. The number of carbonyl (C=O) groups is 1. The molecule has 4 atom stereocenters. The molecule has 1 aromatic rings. The molecule has 2 aliphatic carbocycles. The number of benzene rings is 1. The number of amides is 1. The lowest BCUT2D eigenvalue weighted by atomic mass is 10.0. The number of rotatable bonds is 5. The molecule has 0 radical (unpaired) electrons. The molecule has 0 heterocycles. The van der Waals surface area contributed by atoms with Crippen molar-refractivity contribution >= 4 is 5.91 Å². The van der Waals surface area contributed by atoms with Gasteiger partial charge in [0.15, 0.2) is 5.60 Å². The zero-order chi connectivity index (χ0) is 19.1. The van der Waals surface area contributed by atoms with Gasteiger partial charge in [-0.3, -0.25) is 4.79 Å². The van der Waals surface area contributed by atoms with Crippen LogP contribution in [0.4, 0.5) is 0 Å². The Morgan fingerprint density at radius 2 is 1.62 bits per heavy atom. The summed E-state index contributed by atoms with van der Waals surface area (Å²) in [5, 5.41) is 0. The third kappa shape index (κ3) is 3.90. The van der Waals surface area contributed by atoms with Gasteiger partial charge in [0.2, 0.25) is 0 Å². The SMILES string of the molecule is Cc1cccc(OC(C)(C)C(=O)N(C)C2C[C@H]3CC(N(C)C)C[C@H]3C2)c1. The molecule has 0 bridgehead atoms. The lowest BCUT2D eigenvalue weighted by molar-refractivity contribution is -0.146. The van der Waals surface area contributed by atoms with Crippen LogP contribution in [-0.4, -0.2) is 54.5 Å². The average molecular weight is 359 g/mol. The monoisotopic (exact) mass is 358 g/mol. The van der Waals surface area contributed by atoms with E-state index < -0.39 is 5.60 Å². The van der Waals surface area contributed by atoms with Gasteiger partial charge in [0, 0.05) is 19.1 Å². The number of nitrogens with zero attached hydrogens (tertiary/aromatic N) is 2. The fourth-order valence-corrected chi connectivity index (χ4v) is 4.90. The lowest BCUT2D eigenvalue weighted by Gasteiger charge is -2.34. The molecule has 4 heteroatoms. The number of fused-ring (bicyclic) bond motifs is 1. The van der Waals surface area contributed by atoms with Gasteiger partial charge in [-0.2, -0.15) is 0 Å². The van der Waals surface area contributed by atoms with Gasteiger partial charge in [-0.25, -0.2) is 0 Å². The largest absolute Gasteiger partial charge is 0.478 e. The van der Waals surface area contributed by atoms with Crippen LogP contribution in [0.1, 0.15) is 45.1 Å². The Labute approximate surface area is 158 Å². The molecule has 26 heavy (non-hydrogen) atoms. The molecule has 2 saturated carbocycles. The highest BCUT2D eigenvalue weighted by atomic mass is 16.5. The Bertz CT molecular complexity index is 641. The molecule has 0 aromatic heterocycles. The van der Waals surface area contributed by atoms with Crippen LogP contribution in [0.25, 0.3) is 0 Å². The van der Waals surface area contributed by atoms with Crippen LogP contribution in [0, 0.1) is 18.8 Å². The van der Waals surface area contributed by atoms with E-state index in [0.29, 0.717) is 12.1 Å². The highest BCUT2D eigenvalue weighted by Crippen LogP contribution is 2.46. The standard InChI is InChI=1S/C22H34N2O2/c1-15-8-7-9-20(10-15)26-22(2,3)21(25)24(6)19-13-16-11-18(23(4)5)12-17(16)14-19/h7-10,16-19H,11-14H2,1-6H3/t16-,17+,18?,19?. The summed E-state index contributed by atoms with van der Waals surface area (Å²) in [5.74, 6) is 2.37. The summed E-state index contributed by atoms with van der Waals surface area (Å²) in [6.07, 6.45) is 4.83. The van der Waals surface area contributed by atoms with Gasteiger partial charge in [0.25, 0.3) is 5.91 Å². The van der Waals surface area contributed by atoms with Crippen LogP contribution >= 0.6 is 0 Å². The molecular weight excluding hydrogens is 324 g/mol. The molecule has 4 nitrogen and oxygen atoms in total. The molecule has 144 valence electrons. The molecule has 2 fully saturated rings. The number of aryl methyl sites for hydroxylation is 1. The highest BCUT2D eigenvalue weighted by molar-refractivity contribution is 5.85. The van der Waals surface area contributed by atoms with E-state index in [1.165, 1.54) is 12.8 Å². The summed E-state index contributed by atoms with van der Waals surface area (Å²) in [6.45, 7) is 5.80. The first-order valence-corrected chi connectivity index (χ1v) is 9.86. The van der Waals surface area contributed by atoms with Crippen molar-refractivity contribution in [2.75, 3.05) is 21.1 Å². The third-order valence-electron chi connectivity index (χ3n) is 6.44. The van der Waals surface area contributed by atoms with Crippen LogP contribution in [-0.2, 0) is 4.79 Å². The zero-order valence-corrected chi connectivity index (χ0v) is 17.2. The van der Waals surface area contributed by atoms with Gasteiger partial charge in [-0.15, -0.1) is 0 Å². The molecule has 0 N–H and O–H groups in total. The van der Waals surface area contributed by atoms with E-state index in [4.69, 9.17) is 4.74 Å². The van der Waals surface area contributed by atoms with Crippen molar-refractivity contribution in [1.82, 2.24) is 9.80 Å². The highest BCUT2D eigenvalue weighted by Gasteiger charge is 2.45. The van der Waals surface area contributed by atoms with E-state index in [0.717, 1.165) is 36.0 Å². The van der Waals surface area contributed by atoms with Crippen molar-refractivity contribution in [3.05, 3.63) is 29.8 Å². The average Bonchev–Trinajstić information content (AvgIpc) is 3.11. The molecule has 0 saturated heterocycles. The Hall–Kier alpha value is -1.55.